The van der Waals surface area contributed by atoms with Crippen molar-refractivity contribution < 1.29 is 24.1 Å². The first-order valence-electron chi connectivity index (χ1n) is 7.85. The summed E-state index contributed by atoms with van der Waals surface area (Å²) in [7, 11) is 1.43. The van der Waals surface area contributed by atoms with Gasteiger partial charge >= 0.3 is 0 Å². The second-order valence-corrected chi connectivity index (χ2v) is 6.16. The van der Waals surface area contributed by atoms with Crippen LogP contribution in [0.2, 0.25) is 0 Å². The summed E-state index contributed by atoms with van der Waals surface area (Å²) in [5, 5.41) is 11.4. The fourth-order valence-corrected chi connectivity index (χ4v) is 2.50. The van der Waals surface area contributed by atoms with Gasteiger partial charge in [-0.25, -0.2) is 0 Å². The number of allylic oxidation sites excluding steroid dienone is 2. The van der Waals surface area contributed by atoms with Crippen molar-refractivity contribution in [2.24, 2.45) is 0 Å². The molecule has 0 radical (unpaired) electrons. The molecule has 23 heavy (non-hydrogen) atoms. The smallest absolute Gasteiger partial charge is 0.230 e. The van der Waals surface area contributed by atoms with Gasteiger partial charge in [0.2, 0.25) is 17.1 Å². The van der Waals surface area contributed by atoms with Gasteiger partial charge < -0.3 is 19.3 Å². The summed E-state index contributed by atoms with van der Waals surface area (Å²) in [5.41, 5.74) is -0.750. The maximum Gasteiger partial charge on any atom is 0.230 e. The number of methoxy groups -OCH3 is 1. The molecular weight excluding hydrogens is 296 g/mol. The molecule has 0 aromatic rings. The van der Waals surface area contributed by atoms with E-state index in [-0.39, 0.29) is 35.3 Å². The van der Waals surface area contributed by atoms with Gasteiger partial charge in [0.15, 0.2) is 5.76 Å². The van der Waals surface area contributed by atoms with Crippen molar-refractivity contribution >= 4 is 5.78 Å². The van der Waals surface area contributed by atoms with Crippen LogP contribution in [0.3, 0.4) is 0 Å². The summed E-state index contributed by atoms with van der Waals surface area (Å²) in [5.74, 6) is -0.0374. The van der Waals surface area contributed by atoms with Gasteiger partial charge in [-0.2, -0.15) is 0 Å². The Balaban J connectivity index is 3.73. The number of hydrogen-bond acceptors (Lipinski definition) is 5. The van der Waals surface area contributed by atoms with E-state index in [1.165, 1.54) is 7.11 Å². The predicted octanol–water partition coefficient (Wildman–Crippen LogP) is 3.25. The molecule has 0 bridgehead atoms. The number of hydrogen-bond donors (Lipinski definition) is 1. The monoisotopic (exact) mass is 324 g/mol. The van der Waals surface area contributed by atoms with Crippen LogP contribution < -0.4 is 0 Å². The van der Waals surface area contributed by atoms with E-state index in [1.807, 2.05) is 34.6 Å². The topological polar surface area (TPSA) is 65.0 Å². The van der Waals surface area contributed by atoms with Gasteiger partial charge in [-0.1, -0.05) is 6.08 Å². The molecule has 0 heterocycles. The third-order valence-corrected chi connectivity index (χ3v) is 3.67. The minimum absolute atomic E-state index is 0.0377. The lowest BCUT2D eigenvalue weighted by Gasteiger charge is -2.38. The van der Waals surface area contributed by atoms with Gasteiger partial charge in [-0.05, 0) is 54.0 Å². The number of Topliss-reactive ketones (excluding diaryl/α,β-unsaturated/α-hetero) is 1. The summed E-state index contributed by atoms with van der Waals surface area (Å²) in [6, 6.07) is 0. The van der Waals surface area contributed by atoms with Gasteiger partial charge in [0, 0.05) is 5.57 Å². The molecule has 1 N–H and O–H groups in total. The largest absolute Gasteiger partial charge is 0.497 e. The maximum absolute atomic E-state index is 12.7. The summed E-state index contributed by atoms with van der Waals surface area (Å²) < 4.78 is 16.9. The number of ketones is 1. The number of rotatable bonds is 6. The summed E-state index contributed by atoms with van der Waals surface area (Å²) in [4.78, 5) is 12.7. The fourth-order valence-electron chi connectivity index (χ4n) is 2.50. The highest BCUT2D eigenvalue weighted by atomic mass is 16.5. The van der Waals surface area contributed by atoms with Crippen LogP contribution in [-0.2, 0) is 19.0 Å². The molecule has 0 saturated heterocycles. The Morgan fingerprint density at radius 1 is 1.13 bits per heavy atom. The van der Waals surface area contributed by atoms with E-state index < -0.39 is 5.60 Å². The van der Waals surface area contributed by atoms with Crippen molar-refractivity contribution in [1.82, 2.24) is 0 Å². The van der Waals surface area contributed by atoms with Crippen molar-refractivity contribution in [2.45, 2.75) is 66.3 Å². The number of aliphatic hydroxyl groups is 1. The second-order valence-electron chi connectivity index (χ2n) is 6.16. The Morgan fingerprint density at radius 3 is 2.04 bits per heavy atom. The first kappa shape index (κ1) is 19.3. The molecule has 0 fully saturated rings. The highest BCUT2D eigenvalue weighted by Gasteiger charge is 2.50. The molecule has 0 aromatic heterocycles. The van der Waals surface area contributed by atoms with E-state index in [1.54, 1.807) is 19.9 Å². The molecule has 5 nitrogen and oxygen atoms in total. The lowest BCUT2D eigenvalue weighted by Crippen LogP contribution is -2.44. The lowest BCUT2D eigenvalue weighted by molar-refractivity contribution is -0.119. The van der Waals surface area contributed by atoms with Crippen LogP contribution in [0.1, 0.15) is 48.5 Å². The van der Waals surface area contributed by atoms with E-state index in [0.29, 0.717) is 11.1 Å². The highest BCUT2D eigenvalue weighted by molar-refractivity contribution is 6.09. The molecule has 0 aromatic carbocycles. The third-order valence-electron chi connectivity index (χ3n) is 3.67. The number of carbonyl (C=O) groups excluding carboxylic acids is 1. The van der Waals surface area contributed by atoms with E-state index in [2.05, 4.69) is 0 Å². The van der Waals surface area contributed by atoms with Crippen molar-refractivity contribution in [3.8, 4) is 0 Å². The zero-order valence-corrected chi connectivity index (χ0v) is 15.3. The number of ether oxygens (including phenoxy) is 3. The van der Waals surface area contributed by atoms with Crippen LogP contribution in [0.5, 0.6) is 0 Å². The zero-order chi connectivity index (χ0) is 17.9. The molecule has 1 rings (SSSR count). The second kappa shape index (κ2) is 7.21. The van der Waals surface area contributed by atoms with Crippen molar-refractivity contribution in [3.05, 3.63) is 34.5 Å². The minimum atomic E-state index is -1.66. The minimum Gasteiger partial charge on any atom is -0.497 e. The van der Waals surface area contributed by atoms with Crippen LogP contribution in [0.25, 0.3) is 0 Å². The Hall–Kier alpha value is -1.75. The number of carbonyl (C=O) groups is 1. The van der Waals surface area contributed by atoms with Crippen LogP contribution in [0, 0.1) is 0 Å². The third kappa shape index (κ3) is 3.44. The molecule has 0 saturated carbocycles. The zero-order valence-electron chi connectivity index (χ0n) is 15.3. The Bertz CT molecular complexity index is 566. The fraction of sp³-hybridized carbons (Fsp3) is 0.611. The van der Waals surface area contributed by atoms with E-state index in [4.69, 9.17) is 14.2 Å². The Kier molecular flexibility index (Phi) is 6.05. The molecule has 0 spiro atoms. The van der Waals surface area contributed by atoms with Crippen LogP contribution in [0.15, 0.2) is 34.5 Å². The van der Waals surface area contributed by atoms with Crippen LogP contribution in [-0.4, -0.2) is 35.8 Å². The van der Waals surface area contributed by atoms with Gasteiger partial charge in [-0.15, -0.1) is 0 Å². The van der Waals surface area contributed by atoms with Crippen molar-refractivity contribution in [2.75, 3.05) is 7.11 Å². The average molecular weight is 324 g/mol. The van der Waals surface area contributed by atoms with E-state index in [9.17, 15) is 9.90 Å². The average Bonchev–Trinajstić information content (AvgIpc) is 2.47. The molecule has 0 aliphatic heterocycles. The lowest BCUT2D eigenvalue weighted by atomic mass is 9.81. The van der Waals surface area contributed by atoms with Gasteiger partial charge in [-0.3, -0.25) is 4.79 Å². The van der Waals surface area contributed by atoms with Crippen LogP contribution in [0.4, 0.5) is 0 Å². The van der Waals surface area contributed by atoms with Crippen molar-refractivity contribution in [1.29, 1.82) is 0 Å². The van der Waals surface area contributed by atoms with Crippen molar-refractivity contribution in [3.63, 3.8) is 0 Å². The molecule has 0 unspecified atom stereocenters. The Morgan fingerprint density at radius 2 is 1.65 bits per heavy atom. The van der Waals surface area contributed by atoms with Crippen LogP contribution >= 0.6 is 0 Å². The first-order valence-corrected chi connectivity index (χ1v) is 7.85. The summed E-state index contributed by atoms with van der Waals surface area (Å²) in [6.07, 6.45) is 1.29. The van der Waals surface area contributed by atoms with Gasteiger partial charge in [0.25, 0.3) is 0 Å². The molecule has 1 atom stereocenters. The standard InChI is InChI=1S/C18H28O5/c1-9-12(6)18(20)16(21-8)13(7)14(19)15(22-10(2)3)17(18)23-11(4)5/h9-11,20H,1-8H3/b12-9+/t18-/m1/s1. The molecule has 1 aliphatic rings. The SMILES string of the molecule is C/C=C(\C)[C@@]1(O)C(OC)=C(C)C(=O)C(OC(C)C)=C1OC(C)C. The molecule has 1 aliphatic carbocycles. The maximum atomic E-state index is 12.7. The van der Waals surface area contributed by atoms with Gasteiger partial charge in [0.1, 0.15) is 5.76 Å². The normalized spacial score (nSPS) is 23.1. The molecule has 130 valence electrons. The first-order chi connectivity index (χ1) is 10.6. The quantitative estimate of drug-likeness (QED) is 0.760. The van der Waals surface area contributed by atoms with Gasteiger partial charge in [0.05, 0.1) is 19.3 Å². The van der Waals surface area contributed by atoms with E-state index >= 15 is 0 Å². The summed E-state index contributed by atoms with van der Waals surface area (Å²) in [6.45, 7) is 12.5. The molecule has 5 heteroatoms. The Labute approximate surface area is 138 Å². The highest BCUT2D eigenvalue weighted by Crippen LogP contribution is 2.43. The summed E-state index contributed by atoms with van der Waals surface area (Å²) >= 11 is 0. The molecule has 0 amide bonds. The molecular formula is C18H28O5. The predicted molar refractivity (Wildman–Crippen MR) is 88.6 cm³/mol. The van der Waals surface area contributed by atoms with E-state index in [0.717, 1.165) is 0 Å².